The van der Waals surface area contributed by atoms with Crippen LogP contribution in [0.15, 0.2) is 35.7 Å². The Morgan fingerprint density at radius 2 is 1.63 bits per heavy atom. The van der Waals surface area contributed by atoms with Gasteiger partial charge in [0, 0.05) is 17.1 Å². The number of esters is 1. The largest absolute Gasteiger partial charge is 0.434 e. The number of aromatic nitrogens is 2. The van der Waals surface area contributed by atoms with Crippen molar-refractivity contribution in [3.05, 3.63) is 64.4 Å². The first kappa shape index (κ1) is 18.9. The number of thiazole rings is 1. The van der Waals surface area contributed by atoms with Gasteiger partial charge >= 0.3 is 12.1 Å². The van der Waals surface area contributed by atoms with Crippen LogP contribution in [0.2, 0.25) is 0 Å². The summed E-state index contributed by atoms with van der Waals surface area (Å²) >= 11 is 0.507. The molecule has 10 heteroatoms. The predicted octanol–water partition coefficient (Wildman–Crippen LogP) is 5.03. The van der Waals surface area contributed by atoms with Crippen molar-refractivity contribution in [1.82, 2.24) is 9.97 Å². The van der Waals surface area contributed by atoms with Crippen LogP contribution in [0.3, 0.4) is 0 Å². The second-order valence-electron chi connectivity index (χ2n) is 5.43. The molecule has 140 valence electrons. The molecule has 0 aliphatic carbocycles. The summed E-state index contributed by atoms with van der Waals surface area (Å²) in [5.41, 5.74) is -0.607. The van der Waals surface area contributed by atoms with Gasteiger partial charge in [-0.15, -0.1) is 0 Å². The third-order valence-corrected chi connectivity index (χ3v) is 4.03. The first-order valence-electron chi connectivity index (χ1n) is 7.32. The Morgan fingerprint density at radius 1 is 1.00 bits per heavy atom. The molecule has 0 spiro atoms. The Morgan fingerprint density at radius 3 is 2.22 bits per heavy atom. The molecule has 27 heavy (non-hydrogen) atoms. The van der Waals surface area contributed by atoms with E-state index in [-0.39, 0.29) is 11.3 Å². The van der Waals surface area contributed by atoms with Crippen LogP contribution in [0.4, 0.5) is 22.0 Å². The zero-order valence-corrected chi connectivity index (χ0v) is 14.3. The molecule has 0 amide bonds. The summed E-state index contributed by atoms with van der Waals surface area (Å²) in [6.45, 7) is 1.54. The molecular formula is C17H9F5N2O2S. The number of ether oxygens (including phenoxy) is 1. The standard InChI is InChI=1S/C17H9F5N2O2S/c1-8-2-9(10-3-11(18)6-12(19)4-10)5-13(23-8)15(25)26-16-24-14(7-27-16)17(20,21)22/h2-7H,1H3. The lowest BCUT2D eigenvalue weighted by molar-refractivity contribution is -0.140. The van der Waals surface area contributed by atoms with Crippen molar-refractivity contribution in [2.24, 2.45) is 0 Å². The van der Waals surface area contributed by atoms with E-state index >= 15 is 0 Å². The number of benzene rings is 1. The summed E-state index contributed by atoms with van der Waals surface area (Å²) in [5.74, 6) is -2.64. The Labute approximate surface area is 153 Å². The Bertz CT molecular complexity index is 997. The zero-order chi connectivity index (χ0) is 19.8. The number of carbonyl (C=O) groups excluding carboxylic acids is 1. The van der Waals surface area contributed by atoms with Crippen LogP contribution in [0, 0.1) is 18.6 Å². The quantitative estimate of drug-likeness (QED) is 0.457. The maximum absolute atomic E-state index is 13.4. The van der Waals surface area contributed by atoms with E-state index in [9.17, 15) is 26.7 Å². The van der Waals surface area contributed by atoms with E-state index in [0.29, 0.717) is 34.0 Å². The van der Waals surface area contributed by atoms with Crippen LogP contribution in [0.1, 0.15) is 21.9 Å². The Hall–Kier alpha value is -2.88. The van der Waals surface area contributed by atoms with Gasteiger partial charge in [0.1, 0.15) is 17.3 Å². The van der Waals surface area contributed by atoms with Gasteiger partial charge in [-0.05, 0) is 42.3 Å². The molecular weight excluding hydrogens is 391 g/mol. The van der Waals surface area contributed by atoms with E-state index < -0.39 is 34.7 Å². The van der Waals surface area contributed by atoms with Crippen molar-refractivity contribution < 1.29 is 31.5 Å². The SMILES string of the molecule is Cc1cc(-c2cc(F)cc(F)c2)cc(C(=O)Oc2nc(C(F)(F)F)cs2)n1. The summed E-state index contributed by atoms with van der Waals surface area (Å²) in [6, 6.07) is 5.57. The number of aryl methyl sites for hydroxylation is 1. The van der Waals surface area contributed by atoms with E-state index in [2.05, 4.69) is 9.97 Å². The van der Waals surface area contributed by atoms with Crippen LogP contribution in [-0.4, -0.2) is 15.9 Å². The van der Waals surface area contributed by atoms with Gasteiger partial charge in [-0.25, -0.2) is 18.6 Å². The Balaban J connectivity index is 1.89. The summed E-state index contributed by atoms with van der Waals surface area (Å²) in [5, 5.41) is 0.224. The van der Waals surface area contributed by atoms with Gasteiger partial charge in [0.25, 0.3) is 5.19 Å². The van der Waals surface area contributed by atoms with Gasteiger partial charge in [-0.3, -0.25) is 0 Å². The fourth-order valence-corrected chi connectivity index (χ4v) is 2.90. The second-order valence-corrected chi connectivity index (χ2v) is 6.25. The monoisotopic (exact) mass is 400 g/mol. The van der Waals surface area contributed by atoms with E-state index in [1.165, 1.54) is 12.1 Å². The number of hydrogen-bond donors (Lipinski definition) is 0. The summed E-state index contributed by atoms with van der Waals surface area (Å²) in [7, 11) is 0. The molecule has 3 rings (SSSR count). The van der Waals surface area contributed by atoms with Gasteiger partial charge in [-0.1, -0.05) is 11.3 Å². The highest BCUT2D eigenvalue weighted by Crippen LogP contribution is 2.33. The molecule has 2 heterocycles. The Kier molecular flexibility index (Phi) is 4.92. The van der Waals surface area contributed by atoms with Crippen molar-refractivity contribution in [2.75, 3.05) is 0 Å². The molecule has 0 unspecified atom stereocenters. The fraction of sp³-hybridized carbons (Fsp3) is 0.118. The van der Waals surface area contributed by atoms with Crippen LogP contribution in [-0.2, 0) is 6.18 Å². The van der Waals surface area contributed by atoms with Crippen molar-refractivity contribution in [1.29, 1.82) is 0 Å². The third-order valence-electron chi connectivity index (χ3n) is 3.31. The van der Waals surface area contributed by atoms with E-state index in [1.54, 1.807) is 6.92 Å². The maximum atomic E-state index is 13.4. The number of halogens is 5. The molecule has 0 radical (unpaired) electrons. The number of alkyl halides is 3. The summed E-state index contributed by atoms with van der Waals surface area (Å²) in [6.07, 6.45) is -4.66. The summed E-state index contributed by atoms with van der Waals surface area (Å²) in [4.78, 5) is 19.3. The van der Waals surface area contributed by atoms with Gasteiger partial charge in [0.15, 0.2) is 5.69 Å². The van der Waals surface area contributed by atoms with E-state index in [1.807, 2.05) is 0 Å². The molecule has 2 aromatic heterocycles. The van der Waals surface area contributed by atoms with Crippen LogP contribution in [0.5, 0.6) is 5.19 Å². The minimum Gasteiger partial charge on any atom is -0.393 e. The fourth-order valence-electron chi connectivity index (χ4n) is 2.23. The van der Waals surface area contributed by atoms with Crippen LogP contribution >= 0.6 is 11.3 Å². The smallest absolute Gasteiger partial charge is 0.393 e. The predicted molar refractivity (Wildman–Crippen MR) is 86.4 cm³/mol. The molecule has 0 atom stereocenters. The zero-order valence-electron chi connectivity index (χ0n) is 13.5. The third kappa shape index (κ3) is 4.45. The van der Waals surface area contributed by atoms with E-state index in [4.69, 9.17) is 4.74 Å². The van der Waals surface area contributed by atoms with Crippen molar-refractivity contribution in [3.63, 3.8) is 0 Å². The maximum Gasteiger partial charge on any atom is 0.434 e. The van der Waals surface area contributed by atoms with Gasteiger partial charge in [-0.2, -0.15) is 18.2 Å². The van der Waals surface area contributed by atoms with Crippen molar-refractivity contribution >= 4 is 17.3 Å². The molecule has 0 N–H and O–H groups in total. The molecule has 0 saturated carbocycles. The van der Waals surface area contributed by atoms with Crippen LogP contribution in [0.25, 0.3) is 11.1 Å². The normalized spacial score (nSPS) is 11.5. The molecule has 0 fully saturated rings. The summed E-state index contributed by atoms with van der Waals surface area (Å²) < 4.78 is 69.3. The minimum absolute atomic E-state index is 0.167. The highest BCUT2D eigenvalue weighted by atomic mass is 32.1. The van der Waals surface area contributed by atoms with Gasteiger partial charge in [0.05, 0.1) is 0 Å². The molecule has 1 aromatic carbocycles. The van der Waals surface area contributed by atoms with E-state index in [0.717, 1.165) is 12.1 Å². The molecule has 4 nitrogen and oxygen atoms in total. The molecule has 0 aliphatic heterocycles. The lowest BCUT2D eigenvalue weighted by Crippen LogP contribution is -2.12. The highest BCUT2D eigenvalue weighted by molar-refractivity contribution is 7.11. The molecule has 0 aliphatic rings. The lowest BCUT2D eigenvalue weighted by Gasteiger charge is -2.07. The average molecular weight is 400 g/mol. The van der Waals surface area contributed by atoms with Gasteiger partial charge in [0.2, 0.25) is 0 Å². The first-order chi connectivity index (χ1) is 12.6. The molecule has 3 aromatic rings. The topological polar surface area (TPSA) is 52.1 Å². The van der Waals surface area contributed by atoms with Crippen LogP contribution < -0.4 is 4.74 Å². The minimum atomic E-state index is -4.66. The number of nitrogens with zero attached hydrogens (tertiary/aromatic N) is 2. The van der Waals surface area contributed by atoms with Gasteiger partial charge < -0.3 is 4.74 Å². The average Bonchev–Trinajstić information content (AvgIpc) is 3.02. The molecule has 0 saturated heterocycles. The first-order valence-corrected chi connectivity index (χ1v) is 8.20. The number of carbonyl (C=O) groups is 1. The number of pyridine rings is 1. The lowest BCUT2D eigenvalue weighted by atomic mass is 10.0. The number of rotatable bonds is 3. The molecule has 0 bridgehead atoms. The van der Waals surface area contributed by atoms with Crippen molar-refractivity contribution in [3.8, 4) is 16.3 Å². The second kappa shape index (κ2) is 7.03. The highest BCUT2D eigenvalue weighted by Gasteiger charge is 2.34. The number of hydrogen-bond acceptors (Lipinski definition) is 5. The van der Waals surface area contributed by atoms with Crippen molar-refractivity contribution in [2.45, 2.75) is 13.1 Å².